The van der Waals surface area contributed by atoms with Gasteiger partial charge in [0, 0.05) is 6.54 Å². The van der Waals surface area contributed by atoms with Crippen molar-refractivity contribution in [1.29, 1.82) is 0 Å². The van der Waals surface area contributed by atoms with Crippen LogP contribution in [0.15, 0.2) is 91.0 Å². The van der Waals surface area contributed by atoms with Gasteiger partial charge in [-0.05, 0) is 65.1 Å². The standard InChI is InChI=1S/C31H28ClNO5/c32-29-10-4-3-9-28(29)30(34)37-20-22-12-15-26(16-13-22)38-31(35)33-17-5-8-27(19-33)36-21-23-11-14-24-6-1-2-7-25(24)18-23/h1-4,6-7,9-16,18,27H,5,8,17,19-21H2. The third-order valence-electron chi connectivity index (χ3n) is 6.53. The Morgan fingerprint density at radius 3 is 2.39 bits per heavy atom. The third-order valence-corrected chi connectivity index (χ3v) is 6.86. The maximum Gasteiger partial charge on any atom is 0.415 e. The number of carbonyl (C=O) groups is 2. The molecule has 0 saturated carbocycles. The molecule has 6 nitrogen and oxygen atoms in total. The summed E-state index contributed by atoms with van der Waals surface area (Å²) in [5, 5.41) is 2.74. The fourth-order valence-corrected chi connectivity index (χ4v) is 4.67. The van der Waals surface area contributed by atoms with Crippen LogP contribution in [0.5, 0.6) is 5.75 Å². The van der Waals surface area contributed by atoms with Crippen LogP contribution in [0.1, 0.15) is 34.3 Å². The first-order valence-corrected chi connectivity index (χ1v) is 13.0. The van der Waals surface area contributed by atoms with Crippen molar-refractivity contribution < 1.29 is 23.8 Å². The van der Waals surface area contributed by atoms with Crippen molar-refractivity contribution in [2.24, 2.45) is 0 Å². The van der Waals surface area contributed by atoms with Crippen LogP contribution in [-0.4, -0.2) is 36.2 Å². The van der Waals surface area contributed by atoms with Crippen LogP contribution < -0.4 is 4.74 Å². The van der Waals surface area contributed by atoms with Crippen molar-refractivity contribution in [3.63, 3.8) is 0 Å². The number of halogens is 1. The van der Waals surface area contributed by atoms with Gasteiger partial charge in [0.1, 0.15) is 12.4 Å². The Morgan fingerprint density at radius 1 is 0.842 bits per heavy atom. The SMILES string of the molecule is O=C(OCc1ccc(OC(=O)N2CCCC(OCc3ccc4ccccc4c3)C2)cc1)c1ccccc1Cl. The summed E-state index contributed by atoms with van der Waals surface area (Å²) in [5.74, 6) is -0.0658. The maximum atomic E-state index is 12.8. The molecule has 0 radical (unpaired) electrons. The van der Waals surface area contributed by atoms with E-state index >= 15 is 0 Å². The molecule has 1 heterocycles. The number of rotatable bonds is 7. The molecule has 1 aliphatic rings. The van der Waals surface area contributed by atoms with E-state index in [0.717, 1.165) is 24.0 Å². The summed E-state index contributed by atoms with van der Waals surface area (Å²) in [4.78, 5) is 26.7. The summed E-state index contributed by atoms with van der Waals surface area (Å²) in [6.07, 6.45) is 1.31. The summed E-state index contributed by atoms with van der Waals surface area (Å²) >= 11 is 6.05. The highest BCUT2D eigenvalue weighted by Gasteiger charge is 2.25. The van der Waals surface area contributed by atoms with E-state index in [1.807, 2.05) is 12.1 Å². The number of ether oxygens (including phenoxy) is 3. The fraction of sp³-hybridized carbons (Fsp3) is 0.226. The lowest BCUT2D eigenvalue weighted by Gasteiger charge is -2.32. The van der Waals surface area contributed by atoms with Crippen LogP contribution in [0.3, 0.4) is 0 Å². The average Bonchev–Trinajstić information content (AvgIpc) is 2.96. The van der Waals surface area contributed by atoms with Crippen molar-refractivity contribution in [1.82, 2.24) is 4.90 Å². The number of nitrogens with zero attached hydrogens (tertiary/aromatic N) is 1. The molecular weight excluding hydrogens is 502 g/mol. The van der Waals surface area contributed by atoms with E-state index in [2.05, 4.69) is 30.3 Å². The van der Waals surface area contributed by atoms with Crippen LogP contribution >= 0.6 is 11.6 Å². The van der Waals surface area contributed by atoms with Crippen molar-refractivity contribution in [3.05, 3.63) is 113 Å². The van der Waals surface area contributed by atoms with Gasteiger partial charge in [0.05, 0.1) is 29.8 Å². The molecule has 1 atom stereocenters. The van der Waals surface area contributed by atoms with Gasteiger partial charge in [0.15, 0.2) is 0 Å². The van der Waals surface area contributed by atoms with Crippen LogP contribution in [0.4, 0.5) is 4.79 Å². The molecule has 1 saturated heterocycles. The van der Waals surface area contributed by atoms with E-state index in [1.165, 1.54) is 10.8 Å². The van der Waals surface area contributed by atoms with Gasteiger partial charge in [-0.25, -0.2) is 9.59 Å². The van der Waals surface area contributed by atoms with Gasteiger partial charge in [-0.2, -0.15) is 0 Å². The van der Waals surface area contributed by atoms with E-state index in [4.69, 9.17) is 25.8 Å². The number of hydrogen-bond donors (Lipinski definition) is 0. The second kappa shape index (κ2) is 12.1. The predicted molar refractivity (Wildman–Crippen MR) is 146 cm³/mol. The highest BCUT2D eigenvalue weighted by molar-refractivity contribution is 6.33. The normalized spacial score (nSPS) is 15.3. The van der Waals surface area contributed by atoms with Crippen LogP contribution in [-0.2, 0) is 22.7 Å². The Bertz CT molecular complexity index is 1420. The first-order chi connectivity index (χ1) is 18.5. The highest BCUT2D eigenvalue weighted by atomic mass is 35.5. The Labute approximate surface area is 226 Å². The zero-order valence-electron chi connectivity index (χ0n) is 20.8. The minimum absolute atomic E-state index is 0.0436. The Balaban J connectivity index is 1.09. The quantitative estimate of drug-likeness (QED) is 0.240. The van der Waals surface area contributed by atoms with Crippen molar-refractivity contribution >= 4 is 34.4 Å². The first kappa shape index (κ1) is 25.8. The topological polar surface area (TPSA) is 65.1 Å². The number of amides is 1. The molecule has 5 rings (SSSR count). The summed E-state index contributed by atoms with van der Waals surface area (Å²) in [6, 6.07) is 28.2. The van der Waals surface area contributed by atoms with E-state index in [9.17, 15) is 9.59 Å². The lowest BCUT2D eigenvalue weighted by atomic mass is 10.1. The molecule has 38 heavy (non-hydrogen) atoms. The lowest BCUT2D eigenvalue weighted by molar-refractivity contribution is -0.00501. The largest absolute Gasteiger partial charge is 0.457 e. The Hall–Kier alpha value is -3.87. The van der Waals surface area contributed by atoms with Gasteiger partial charge in [0.25, 0.3) is 0 Å². The molecule has 0 aromatic heterocycles. The van der Waals surface area contributed by atoms with Gasteiger partial charge >= 0.3 is 12.1 Å². The van der Waals surface area contributed by atoms with E-state index < -0.39 is 12.1 Å². The molecule has 7 heteroatoms. The van der Waals surface area contributed by atoms with E-state index in [-0.39, 0.29) is 12.7 Å². The minimum Gasteiger partial charge on any atom is -0.457 e. The van der Waals surface area contributed by atoms with Gasteiger partial charge in [-0.15, -0.1) is 0 Å². The monoisotopic (exact) mass is 529 g/mol. The van der Waals surface area contributed by atoms with Crippen LogP contribution in [0, 0.1) is 0 Å². The molecule has 0 N–H and O–H groups in total. The summed E-state index contributed by atoms with van der Waals surface area (Å²) in [5.41, 5.74) is 2.20. The molecule has 0 aliphatic carbocycles. The Morgan fingerprint density at radius 2 is 1.58 bits per heavy atom. The zero-order chi connectivity index (χ0) is 26.3. The second-order valence-electron chi connectivity index (χ2n) is 9.27. The number of piperidine rings is 1. The number of fused-ring (bicyclic) bond motifs is 1. The number of hydrogen-bond acceptors (Lipinski definition) is 5. The van der Waals surface area contributed by atoms with E-state index in [0.29, 0.717) is 36.0 Å². The van der Waals surface area contributed by atoms with Crippen molar-refractivity contribution in [2.75, 3.05) is 13.1 Å². The molecule has 1 unspecified atom stereocenters. The first-order valence-electron chi connectivity index (χ1n) is 12.6. The zero-order valence-corrected chi connectivity index (χ0v) is 21.6. The third kappa shape index (κ3) is 6.52. The molecule has 1 aliphatic heterocycles. The van der Waals surface area contributed by atoms with Gasteiger partial charge in [-0.1, -0.05) is 72.3 Å². The number of carbonyl (C=O) groups excluding carboxylic acids is 2. The van der Waals surface area contributed by atoms with Gasteiger partial charge in [-0.3, -0.25) is 0 Å². The molecular formula is C31H28ClNO5. The van der Waals surface area contributed by atoms with Gasteiger partial charge in [0.2, 0.25) is 0 Å². The molecule has 0 bridgehead atoms. The molecule has 4 aromatic rings. The minimum atomic E-state index is -0.492. The highest BCUT2D eigenvalue weighted by Crippen LogP contribution is 2.21. The molecule has 194 valence electrons. The number of likely N-dealkylation sites (tertiary alicyclic amines) is 1. The molecule has 4 aromatic carbocycles. The van der Waals surface area contributed by atoms with Crippen LogP contribution in [0.25, 0.3) is 10.8 Å². The average molecular weight is 530 g/mol. The van der Waals surface area contributed by atoms with Gasteiger partial charge < -0.3 is 19.1 Å². The van der Waals surface area contributed by atoms with E-state index in [1.54, 1.807) is 53.4 Å². The second-order valence-corrected chi connectivity index (χ2v) is 9.68. The summed E-state index contributed by atoms with van der Waals surface area (Å²) in [6.45, 7) is 1.70. The number of benzene rings is 4. The smallest absolute Gasteiger partial charge is 0.415 e. The summed E-state index contributed by atoms with van der Waals surface area (Å²) < 4.78 is 17.1. The molecule has 0 spiro atoms. The van der Waals surface area contributed by atoms with Crippen molar-refractivity contribution in [3.8, 4) is 5.75 Å². The molecule has 1 fully saturated rings. The number of esters is 1. The predicted octanol–water partition coefficient (Wildman–Crippen LogP) is 7.03. The van der Waals surface area contributed by atoms with Crippen LogP contribution in [0.2, 0.25) is 5.02 Å². The fourth-order valence-electron chi connectivity index (χ4n) is 4.46. The molecule has 1 amide bonds. The van der Waals surface area contributed by atoms with Crippen molar-refractivity contribution in [2.45, 2.75) is 32.2 Å². The Kier molecular flexibility index (Phi) is 8.22. The lowest BCUT2D eigenvalue weighted by Crippen LogP contribution is -2.44. The summed E-state index contributed by atoms with van der Waals surface area (Å²) in [7, 11) is 0. The maximum absolute atomic E-state index is 12.8.